The van der Waals surface area contributed by atoms with Gasteiger partial charge in [-0.15, -0.1) is 0 Å². The van der Waals surface area contributed by atoms with Gasteiger partial charge in [0.05, 0.1) is 0 Å². The third kappa shape index (κ3) is 3.67. The van der Waals surface area contributed by atoms with Crippen LogP contribution in [0.2, 0.25) is 0 Å². The van der Waals surface area contributed by atoms with Gasteiger partial charge >= 0.3 is 17.9 Å². The maximum atomic E-state index is 11.3. The van der Waals surface area contributed by atoms with E-state index < -0.39 is 24.4 Å². The molecule has 0 bridgehead atoms. The largest absolute Gasteiger partial charge is 0.519 e. The van der Waals surface area contributed by atoms with Crippen LogP contribution in [0.4, 0.5) is 4.79 Å². The number of rotatable bonds is 4. The summed E-state index contributed by atoms with van der Waals surface area (Å²) in [6.45, 7) is 0.711. The number of hydrogen-bond acceptors (Lipinski definition) is 6. The van der Waals surface area contributed by atoms with Gasteiger partial charge < -0.3 is 23.6 Å². The van der Waals surface area contributed by atoms with Crippen LogP contribution in [0.25, 0.3) is 0 Å². The summed E-state index contributed by atoms with van der Waals surface area (Å²) < 4.78 is 13.9. The van der Waals surface area contributed by atoms with E-state index in [-0.39, 0.29) is 18.1 Å². The van der Waals surface area contributed by atoms with Crippen molar-refractivity contribution < 1.29 is 28.3 Å². The summed E-state index contributed by atoms with van der Waals surface area (Å²) in [5, 5.41) is 8.44. The van der Waals surface area contributed by atoms with Crippen LogP contribution in [-0.4, -0.2) is 35.7 Å². The number of carboxylic acid groups (broad SMARTS) is 1. The highest BCUT2D eigenvalue weighted by Crippen LogP contribution is 2.07. The molecule has 0 aliphatic rings. The van der Waals surface area contributed by atoms with Gasteiger partial charge in [0.1, 0.15) is 6.54 Å². The molecule has 8 nitrogen and oxygen atoms in total. The molecule has 0 saturated carbocycles. The molecule has 0 fully saturated rings. The van der Waals surface area contributed by atoms with Crippen molar-refractivity contribution in [2.45, 2.75) is 13.5 Å². The lowest BCUT2D eigenvalue weighted by atomic mass is 10.4. The predicted octanol–water partition coefficient (Wildman–Crippen LogP) is 0.194. The minimum Gasteiger partial charge on any atom is -0.480 e. The molecule has 0 radical (unpaired) electrons. The second-order valence-corrected chi connectivity index (χ2v) is 3.24. The molecular formula is C9H11NO7. The van der Waals surface area contributed by atoms with Crippen molar-refractivity contribution in [2.75, 3.05) is 13.6 Å². The van der Waals surface area contributed by atoms with Gasteiger partial charge in [0.2, 0.25) is 0 Å². The second-order valence-electron chi connectivity index (χ2n) is 3.24. The minimum absolute atomic E-state index is 0.0899. The second kappa shape index (κ2) is 5.19. The van der Waals surface area contributed by atoms with Gasteiger partial charge in [-0.25, -0.2) is 9.59 Å². The van der Waals surface area contributed by atoms with Crippen LogP contribution < -0.4 is 5.82 Å². The van der Waals surface area contributed by atoms with E-state index in [1.807, 2.05) is 0 Å². The average Bonchev–Trinajstić information content (AvgIpc) is 2.52. The monoisotopic (exact) mass is 245 g/mol. The zero-order chi connectivity index (χ0) is 13.0. The number of hydrogen-bond donors (Lipinski definition) is 1. The number of likely N-dealkylation sites (N-methyl/N-ethyl adjacent to an activating group) is 1. The standard InChI is InChI=1S/C9H11NO7/c1-5-6(17-9(14)16-5)4-15-8(13)10(2)3-7(11)12/h3-4H2,1-2H3,(H,11,12). The quantitative estimate of drug-likeness (QED) is 0.806. The molecule has 17 heavy (non-hydrogen) atoms. The van der Waals surface area contributed by atoms with Gasteiger partial charge in [-0.2, -0.15) is 0 Å². The minimum atomic E-state index is -1.16. The van der Waals surface area contributed by atoms with E-state index >= 15 is 0 Å². The molecule has 94 valence electrons. The highest BCUT2D eigenvalue weighted by molar-refractivity contribution is 5.76. The molecule has 0 spiro atoms. The molecule has 0 aliphatic carbocycles. The van der Waals surface area contributed by atoms with Gasteiger partial charge in [0, 0.05) is 7.05 Å². The lowest BCUT2D eigenvalue weighted by Crippen LogP contribution is -2.32. The van der Waals surface area contributed by atoms with Crippen molar-refractivity contribution in [3.8, 4) is 0 Å². The van der Waals surface area contributed by atoms with Crippen LogP contribution in [-0.2, 0) is 16.1 Å². The average molecular weight is 245 g/mol. The molecule has 1 rings (SSSR count). The predicted molar refractivity (Wildman–Crippen MR) is 52.4 cm³/mol. The summed E-state index contributed by atoms with van der Waals surface area (Å²) in [5.74, 6) is -1.74. The number of aliphatic carboxylic acids is 1. The van der Waals surface area contributed by atoms with Crippen LogP contribution in [0.15, 0.2) is 13.6 Å². The number of ether oxygens (including phenoxy) is 1. The summed E-state index contributed by atoms with van der Waals surface area (Å²) in [6.07, 6.45) is -0.837. The number of nitrogens with zero attached hydrogens (tertiary/aromatic N) is 1. The molecule has 8 heteroatoms. The molecule has 1 amide bonds. The Morgan fingerprint density at radius 2 is 2.06 bits per heavy atom. The maximum Gasteiger partial charge on any atom is 0.519 e. The smallest absolute Gasteiger partial charge is 0.480 e. The normalized spacial score (nSPS) is 10.0. The number of aryl methyl sites for hydroxylation is 1. The summed E-state index contributed by atoms with van der Waals surface area (Å²) in [7, 11) is 1.27. The van der Waals surface area contributed by atoms with E-state index in [1.54, 1.807) is 0 Å². The Labute approximate surface area is 95.4 Å². The number of carbonyl (C=O) groups is 2. The fraction of sp³-hybridized carbons (Fsp3) is 0.444. The first kappa shape index (κ1) is 12.8. The number of carboxylic acids is 1. The molecule has 0 saturated heterocycles. The highest BCUT2D eigenvalue weighted by atomic mass is 16.6. The van der Waals surface area contributed by atoms with Gasteiger partial charge in [-0.05, 0) is 6.92 Å². The number of carbonyl (C=O) groups excluding carboxylic acids is 1. The van der Waals surface area contributed by atoms with Crippen molar-refractivity contribution in [3.05, 3.63) is 22.1 Å². The Morgan fingerprint density at radius 3 is 2.53 bits per heavy atom. The first-order valence-electron chi connectivity index (χ1n) is 4.59. The van der Waals surface area contributed by atoms with Crippen LogP contribution in [0.5, 0.6) is 0 Å². The van der Waals surface area contributed by atoms with Gasteiger partial charge in [-0.3, -0.25) is 4.79 Å². The summed E-state index contributed by atoms with van der Waals surface area (Å²) in [5.41, 5.74) is 0. The first-order chi connectivity index (χ1) is 7.90. The molecule has 0 unspecified atom stereocenters. The van der Waals surface area contributed by atoms with Crippen LogP contribution in [0.1, 0.15) is 11.5 Å². The van der Waals surface area contributed by atoms with E-state index in [4.69, 9.17) is 9.84 Å². The van der Waals surface area contributed by atoms with E-state index in [1.165, 1.54) is 14.0 Å². The molecular weight excluding hydrogens is 234 g/mol. The number of amides is 1. The summed E-state index contributed by atoms with van der Waals surface area (Å²) >= 11 is 0. The Hall–Kier alpha value is -2.25. The van der Waals surface area contributed by atoms with Gasteiger partial charge in [-0.1, -0.05) is 0 Å². The van der Waals surface area contributed by atoms with Crippen LogP contribution in [0, 0.1) is 6.92 Å². The van der Waals surface area contributed by atoms with E-state index in [2.05, 4.69) is 8.83 Å². The first-order valence-corrected chi connectivity index (χ1v) is 4.59. The Balaban J connectivity index is 2.51. The third-order valence-electron chi connectivity index (χ3n) is 1.85. The molecule has 0 aliphatic heterocycles. The molecule has 1 heterocycles. The SMILES string of the molecule is Cc1oc(=O)oc1COC(=O)N(C)CC(=O)O. The van der Waals surface area contributed by atoms with Crippen molar-refractivity contribution in [2.24, 2.45) is 0 Å². The molecule has 1 N–H and O–H groups in total. The van der Waals surface area contributed by atoms with Crippen molar-refractivity contribution in [1.29, 1.82) is 0 Å². The summed E-state index contributed by atoms with van der Waals surface area (Å²) in [6, 6.07) is 0. The van der Waals surface area contributed by atoms with Crippen LogP contribution >= 0.6 is 0 Å². The Morgan fingerprint density at radius 1 is 1.41 bits per heavy atom. The zero-order valence-corrected chi connectivity index (χ0v) is 9.26. The van der Waals surface area contributed by atoms with Crippen molar-refractivity contribution in [1.82, 2.24) is 4.90 Å². The highest BCUT2D eigenvalue weighted by Gasteiger charge is 2.16. The molecule has 1 aromatic heterocycles. The fourth-order valence-corrected chi connectivity index (χ4v) is 1.01. The maximum absolute atomic E-state index is 11.3. The Bertz CT molecular complexity index is 472. The van der Waals surface area contributed by atoms with Crippen LogP contribution in [0.3, 0.4) is 0 Å². The zero-order valence-electron chi connectivity index (χ0n) is 9.26. The molecule has 1 aromatic rings. The molecule has 0 aromatic carbocycles. The lowest BCUT2D eigenvalue weighted by Gasteiger charge is -2.13. The third-order valence-corrected chi connectivity index (χ3v) is 1.85. The van der Waals surface area contributed by atoms with Gasteiger partial charge in [0.15, 0.2) is 18.1 Å². The molecule has 0 atom stereocenters. The van der Waals surface area contributed by atoms with E-state index in [9.17, 15) is 14.4 Å². The van der Waals surface area contributed by atoms with E-state index in [0.717, 1.165) is 4.90 Å². The summed E-state index contributed by atoms with van der Waals surface area (Å²) in [4.78, 5) is 33.1. The Kier molecular flexibility index (Phi) is 3.91. The van der Waals surface area contributed by atoms with Gasteiger partial charge in [0.25, 0.3) is 0 Å². The van der Waals surface area contributed by atoms with E-state index in [0.29, 0.717) is 0 Å². The lowest BCUT2D eigenvalue weighted by molar-refractivity contribution is -0.137. The van der Waals surface area contributed by atoms with Crippen molar-refractivity contribution in [3.63, 3.8) is 0 Å². The topological polar surface area (TPSA) is 110 Å². The van der Waals surface area contributed by atoms with Crippen molar-refractivity contribution >= 4 is 12.1 Å². The fourth-order valence-electron chi connectivity index (χ4n) is 1.01.